The van der Waals surface area contributed by atoms with Crippen molar-refractivity contribution in [1.82, 2.24) is 5.32 Å². The van der Waals surface area contributed by atoms with Crippen LogP contribution in [-0.4, -0.2) is 12.6 Å². The van der Waals surface area contributed by atoms with Crippen molar-refractivity contribution in [3.8, 4) is 0 Å². The smallest absolute Gasteiger partial charge is 0.00953 e. The minimum absolute atomic E-state index is 0.813. The number of unbranched alkanes of at least 4 members (excludes halogenated alkanes) is 1. The minimum atomic E-state index is 0.813. The molecule has 0 spiro atoms. The maximum absolute atomic E-state index is 3.81. The highest BCUT2D eigenvalue weighted by atomic mass is 14.9. The predicted octanol–water partition coefficient (Wildman–Crippen LogP) is 4.76. The third kappa shape index (κ3) is 5.42. The van der Waals surface area contributed by atoms with Crippen molar-refractivity contribution < 1.29 is 0 Å². The van der Waals surface area contributed by atoms with E-state index in [1.54, 1.807) is 0 Å². The zero-order valence-corrected chi connectivity index (χ0v) is 12.3. The molecule has 1 aliphatic carbocycles. The molecule has 1 N–H and O–H groups in total. The Bertz CT molecular complexity index is 162. The zero-order valence-electron chi connectivity index (χ0n) is 12.3. The van der Waals surface area contributed by atoms with Crippen LogP contribution < -0.4 is 5.32 Å². The molecule has 1 nitrogen and oxygen atoms in total. The molecule has 0 amide bonds. The van der Waals surface area contributed by atoms with Crippen molar-refractivity contribution in [1.29, 1.82) is 0 Å². The SMILES string of the molecule is CCCCC(NCCC)C1CCC(CC)CC1. The lowest BCUT2D eigenvalue weighted by Crippen LogP contribution is -2.38. The van der Waals surface area contributed by atoms with Gasteiger partial charge in [0.2, 0.25) is 0 Å². The van der Waals surface area contributed by atoms with Gasteiger partial charge in [-0.15, -0.1) is 0 Å². The van der Waals surface area contributed by atoms with Crippen LogP contribution in [0.15, 0.2) is 0 Å². The first-order valence-corrected chi connectivity index (χ1v) is 8.05. The normalized spacial score (nSPS) is 27.0. The second kappa shape index (κ2) is 8.97. The largest absolute Gasteiger partial charge is 0.314 e. The van der Waals surface area contributed by atoms with Crippen LogP contribution in [0, 0.1) is 11.8 Å². The maximum Gasteiger partial charge on any atom is 0.00953 e. The quantitative estimate of drug-likeness (QED) is 0.644. The summed E-state index contributed by atoms with van der Waals surface area (Å²) in [6, 6.07) is 0.813. The molecule has 1 heteroatoms. The molecule has 1 aliphatic rings. The molecule has 0 aromatic heterocycles. The van der Waals surface area contributed by atoms with Gasteiger partial charge in [-0.2, -0.15) is 0 Å². The standard InChI is InChI=1S/C16H33N/c1-4-7-8-16(17-13-5-2)15-11-9-14(6-3)10-12-15/h14-17H,4-13H2,1-3H3. The van der Waals surface area contributed by atoms with Gasteiger partial charge in [-0.3, -0.25) is 0 Å². The fourth-order valence-electron chi connectivity index (χ4n) is 3.26. The summed E-state index contributed by atoms with van der Waals surface area (Å²) < 4.78 is 0. The topological polar surface area (TPSA) is 12.0 Å². The molecular weight excluding hydrogens is 206 g/mol. The lowest BCUT2D eigenvalue weighted by atomic mass is 9.76. The van der Waals surface area contributed by atoms with E-state index in [0.29, 0.717) is 0 Å². The van der Waals surface area contributed by atoms with Gasteiger partial charge < -0.3 is 5.32 Å². The van der Waals surface area contributed by atoms with Gasteiger partial charge in [0.1, 0.15) is 0 Å². The van der Waals surface area contributed by atoms with Crippen LogP contribution in [-0.2, 0) is 0 Å². The van der Waals surface area contributed by atoms with Crippen molar-refractivity contribution in [2.75, 3.05) is 6.54 Å². The molecule has 0 aliphatic heterocycles. The summed E-state index contributed by atoms with van der Waals surface area (Å²) >= 11 is 0. The van der Waals surface area contributed by atoms with E-state index < -0.39 is 0 Å². The van der Waals surface area contributed by atoms with Crippen molar-refractivity contribution in [2.24, 2.45) is 11.8 Å². The molecule has 102 valence electrons. The van der Waals surface area contributed by atoms with Gasteiger partial charge in [-0.25, -0.2) is 0 Å². The predicted molar refractivity (Wildman–Crippen MR) is 77.3 cm³/mol. The molecule has 1 atom stereocenters. The highest BCUT2D eigenvalue weighted by Crippen LogP contribution is 2.33. The average molecular weight is 239 g/mol. The Balaban J connectivity index is 2.34. The Morgan fingerprint density at radius 1 is 1.00 bits per heavy atom. The molecule has 1 fully saturated rings. The van der Waals surface area contributed by atoms with E-state index >= 15 is 0 Å². The second-order valence-electron chi connectivity index (χ2n) is 5.89. The van der Waals surface area contributed by atoms with Gasteiger partial charge in [0, 0.05) is 6.04 Å². The highest BCUT2D eigenvalue weighted by Gasteiger charge is 2.25. The third-order valence-corrected chi connectivity index (χ3v) is 4.56. The van der Waals surface area contributed by atoms with E-state index in [2.05, 4.69) is 26.1 Å². The molecular formula is C16H33N. The summed E-state index contributed by atoms with van der Waals surface area (Å²) in [5.41, 5.74) is 0. The van der Waals surface area contributed by atoms with Crippen LogP contribution >= 0.6 is 0 Å². The molecule has 0 aromatic carbocycles. The first-order chi connectivity index (χ1) is 8.31. The fraction of sp³-hybridized carbons (Fsp3) is 1.00. The van der Waals surface area contributed by atoms with E-state index in [0.717, 1.165) is 17.9 Å². The lowest BCUT2D eigenvalue weighted by molar-refractivity contribution is 0.209. The molecule has 0 radical (unpaired) electrons. The summed E-state index contributed by atoms with van der Waals surface area (Å²) in [4.78, 5) is 0. The van der Waals surface area contributed by atoms with Gasteiger partial charge in [0.15, 0.2) is 0 Å². The Hall–Kier alpha value is -0.0400. The Morgan fingerprint density at radius 3 is 2.24 bits per heavy atom. The molecule has 0 heterocycles. The Morgan fingerprint density at radius 2 is 1.71 bits per heavy atom. The zero-order chi connectivity index (χ0) is 12.5. The summed E-state index contributed by atoms with van der Waals surface area (Å²) in [6.45, 7) is 8.15. The van der Waals surface area contributed by atoms with Crippen molar-refractivity contribution in [2.45, 2.75) is 84.6 Å². The fourth-order valence-corrected chi connectivity index (χ4v) is 3.26. The van der Waals surface area contributed by atoms with Crippen molar-refractivity contribution in [3.05, 3.63) is 0 Å². The van der Waals surface area contributed by atoms with Crippen molar-refractivity contribution in [3.63, 3.8) is 0 Å². The van der Waals surface area contributed by atoms with E-state index in [1.165, 1.54) is 64.3 Å². The number of hydrogen-bond donors (Lipinski definition) is 1. The highest BCUT2D eigenvalue weighted by molar-refractivity contribution is 4.81. The maximum atomic E-state index is 3.81. The Labute approximate surface area is 109 Å². The van der Waals surface area contributed by atoms with Crippen LogP contribution in [0.3, 0.4) is 0 Å². The number of rotatable bonds is 8. The molecule has 0 saturated heterocycles. The monoisotopic (exact) mass is 239 g/mol. The Kier molecular flexibility index (Phi) is 7.92. The molecule has 0 aromatic rings. The van der Waals surface area contributed by atoms with Crippen LogP contribution in [0.25, 0.3) is 0 Å². The third-order valence-electron chi connectivity index (χ3n) is 4.56. The van der Waals surface area contributed by atoms with Crippen LogP contribution in [0.4, 0.5) is 0 Å². The van der Waals surface area contributed by atoms with Gasteiger partial charge >= 0.3 is 0 Å². The number of nitrogens with one attached hydrogen (secondary N) is 1. The van der Waals surface area contributed by atoms with Gasteiger partial charge in [0.05, 0.1) is 0 Å². The molecule has 17 heavy (non-hydrogen) atoms. The lowest BCUT2D eigenvalue weighted by Gasteiger charge is -2.34. The summed E-state index contributed by atoms with van der Waals surface area (Å²) in [6.07, 6.45) is 12.7. The van der Waals surface area contributed by atoms with Gasteiger partial charge in [-0.1, -0.05) is 52.9 Å². The van der Waals surface area contributed by atoms with Gasteiger partial charge in [-0.05, 0) is 44.1 Å². The first kappa shape index (κ1) is 15.0. The summed E-state index contributed by atoms with van der Waals surface area (Å²) in [5.74, 6) is 2.00. The van der Waals surface area contributed by atoms with Crippen LogP contribution in [0.1, 0.15) is 78.6 Å². The van der Waals surface area contributed by atoms with Crippen molar-refractivity contribution >= 4 is 0 Å². The molecule has 1 saturated carbocycles. The van der Waals surface area contributed by atoms with E-state index in [9.17, 15) is 0 Å². The molecule has 1 unspecified atom stereocenters. The van der Waals surface area contributed by atoms with E-state index in [-0.39, 0.29) is 0 Å². The van der Waals surface area contributed by atoms with Crippen LogP contribution in [0.5, 0.6) is 0 Å². The molecule has 1 rings (SSSR count). The van der Waals surface area contributed by atoms with Gasteiger partial charge in [0.25, 0.3) is 0 Å². The summed E-state index contributed by atoms with van der Waals surface area (Å²) in [7, 11) is 0. The van der Waals surface area contributed by atoms with E-state index in [1.807, 2.05) is 0 Å². The first-order valence-electron chi connectivity index (χ1n) is 8.05. The minimum Gasteiger partial charge on any atom is -0.314 e. The molecule has 0 bridgehead atoms. The second-order valence-corrected chi connectivity index (χ2v) is 5.89. The average Bonchev–Trinajstić information content (AvgIpc) is 2.39. The summed E-state index contributed by atoms with van der Waals surface area (Å²) in [5, 5.41) is 3.81. The van der Waals surface area contributed by atoms with Crippen LogP contribution in [0.2, 0.25) is 0 Å². The van der Waals surface area contributed by atoms with E-state index in [4.69, 9.17) is 0 Å². The number of hydrogen-bond acceptors (Lipinski definition) is 1.